The third-order valence-corrected chi connectivity index (χ3v) is 5.04. The van der Waals surface area contributed by atoms with Gasteiger partial charge in [0.25, 0.3) is 5.91 Å². The lowest BCUT2D eigenvalue weighted by atomic mass is 9.79. The van der Waals surface area contributed by atoms with Crippen molar-refractivity contribution in [3.05, 3.63) is 34.4 Å². The van der Waals surface area contributed by atoms with Crippen LogP contribution in [0.1, 0.15) is 78.9 Å². The zero-order valence-electron chi connectivity index (χ0n) is 16.8. The second-order valence-corrected chi connectivity index (χ2v) is 8.28. The summed E-state index contributed by atoms with van der Waals surface area (Å²) in [6.45, 7) is 5.53. The molecule has 3 rings (SSSR count). The number of hydrogen-bond donors (Lipinski definition) is 2. The highest BCUT2D eigenvalue weighted by atomic mass is 16.6. The Bertz CT molecular complexity index is 936. The summed E-state index contributed by atoms with van der Waals surface area (Å²) in [5, 5.41) is 5.11. The molecule has 2 aliphatic rings. The third kappa shape index (κ3) is 4.16. The van der Waals surface area contributed by atoms with Gasteiger partial charge in [0, 0.05) is 24.9 Å². The molecule has 0 bridgehead atoms. The van der Waals surface area contributed by atoms with Gasteiger partial charge >= 0.3 is 5.97 Å². The normalized spacial score (nSPS) is 19.7. The average molecular weight is 396 g/mol. The summed E-state index contributed by atoms with van der Waals surface area (Å²) >= 11 is 0. The largest absolute Gasteiger partial charge is 0.459 e. The number of nitrogens with one attached hydrogen (secondary N) is 2. The van der Waals surface area contributed by atoms with Crippen LogP contribution < -0.4 is 10.6 Å². The van der Waals surface area contributed by atoms with Crippen molar-refractivity contribution >= 4 is 23.7 Å². The van der Waals surface area contributed by atoms with E-state index in [4.69, 9.17) is 11.2 Å². The Morgan fingerprint density at radius 1 is 1.31 bits per heavy atom. The van der Waals surface area contributed by atoms with Crippen LogP contribution in [0.4, 0.5) is 0 Å². The fourth-order valence-corrected chi connectivity index (χ4v) is 3.85. The summed E-state index contributed by atoms with van der Waals surface area (Å²) in [6.07, 6.45) is 6.15. The van der Waals surface area contributed by atoms with Gasteiger partial charge in [-0.3, -0.25) is 24.5 Å². The minimum atomic E-state index is -0.817. The number of piperidine rings is 1. The van der Waals surface area contributed by atoms with Crippen LogP contribution in [0.5, 0.6) is 0 Å². The van der Waals surface area contributed by atoms with E-state index in [0.717, 1.165) is 0 Å². The van der Waals surface area contributed by atoms with Crippen molar-refractivity contribution in [3.8, 4) is 12.3 Å². The Labute approximate surface area is 169 Å². The molecule has 0 spiro atoms. The summed E-state index contributed by atoms with van der Waals surface area (Å²) < 4.78 is 5.59. The number of imide groups is 1. The number of esters is 1. The predicted molar refractivity (Wildman–Crippen MR) is 105 cm³/mol. The van der Waals surface area contributed by atoms with Crippen LogP contribution in [0, 0.1) is 12.3 Å². The lowest BCUT2D eigenvalue weighted by molar-refractivity contribution is -0.156. The highest BCUT2D eigenvalue weighted by Crippen LogP contribution is 2.39. The van der Waals surface area contributed by atoms with Crippen molar-refractivity contribution in [1.29, 1.82) is 0 Å². The van der Waals surface area contributed by atoms with E-state index in [1.165, 1.54) is 0 Å². The van der Waals surface area contributed by atoms with Crippen LogP contribution in [-0.2, 0) is 25.7 Å². The van der Waals surface area contributed by atoms with Crippen molar-refractivity contribution in [2.75, 3.05) is 0 Å². The van der Waals surface area contributed by atoms with Crippen LogP contribution in [-0.4, -0.2) is 29.3 Å². The molecule has 2 atom stereocenters. The standard InChI is InChI=1S/C22H24N2O5/c1-5-6-15(21(28)29-22(2,3)4)18-12(13-9-10-17(25)24-20(13)27)7-8-14-16(18)11-23-19(14)26/h1,7-8,13,15H,6,9-11H2,2-4H3,(H,23,26)(H,24,25,27). The number of benzene rings is 1. The summed E-state index contributed by atoms with van der Waals surface area (Å²) in [4.78, 5) is 49.3. The lowest BCUT2D eigenvalue weighted by Crippen LogP contribution is -2.40. The minimum absolute atomic E-state index is 0.0693. The number of ether oxygens (including phenoxy) is 1. The van der Waals surface area contributed by atoms with E-state index >= 15 is 0 Å². The van der Waals surface area contributed by atoms with Crippen LogP contribution in [0.25, 0.3) is 0 Å². The summed E-state index contributed by atoms with van der Waals surface area (Å²) in [7, 11) is 0. The molecule has 2 N–H and O–H groups in total. The van der Waals surface area contributed by atoms with Gasteiger partial charge in [-0.1, -0.05) is 6.07 Å². The smallest absolute Gasteiger partial charge is 0.314 e. The highest BCUT2D eigenvalue weighted by Gasteiger charge is 2.38. The van der Waals surface area contributed by atoms with Gasteiger partial charge in [0.1, 0.15) is 5.60 Å². The molecular formula is C22H24N2O5. The topological polar surface area (TPSA) is 102 Å². The zero-order chi connectivity index (χ0) is 21.3. The molecule has 152 valence electrons. The monoisotopic (exact) mass is 396 g/mol. The molecule has 2 aliphatic heterocycles. The Morgan fingerprint density at radius 3 is 2.66 bits per heavy atom. The van der Waals surface area contributed by atoms with Crippen molar-refractivity contribution in [2.24, 2.45) is 0 Å². The SMILES string of the molecule is C#CCC(C(=O)OC(C)(C)C)c1c(C2CCC(=O)NC2=O)ccc2c1CNC2=O. The molecule has 0 saturated carbocycles. The van der Waals surface area contributed by atoms with Gasteiger partial charge in [-0.25, -0.2) is 0 Å². The molecule has 1 fully saturated rings. The van der Waals surface area contributed by atoms with Crippen LogP contribution in [0.2, 0.25) is 0 Å². The van der Waals surface area contributed by atoms with E-state index in [-0.39, 0.29) is 31.2 Å². The first-order valence-electron chi connectivity index (χ1n) is 9.56. The molecule has 2 heterocycles. The average Bonchev–Trinajstić information content (AvgIpc) is 2.99. The maximum absolute atomic E-state index is 13.0. The van der Waals surface area contributed by atoms with E-state index in [1.54, 1.807) is 32.9 Å². The highest BCUT2D eigenvalue weighted by molar-refractivity contribution is 6.03. The molecule has 3 amide bonds. The number of carbonyl (C=O) groups is 4. The van der Waals surface area contributed by atoms with Crippen molar-refractivity contribution in [2.45, 2.75) is 64.0 Å². The van der Waals surface area contributed by atoms with E-state index in [0.29, 0.717) is 28.7 Å². The van der Waals surface area contributed by atoms with E-state index in [1.807, 2.05) is 0 Å². The second kappa shape index (κ2) is 7.70. The fourth-order valence-electron chi connectivity index (χ4n) is 3.85. The first kappa shape index (κ1) is 20.6. The molecule has 7 nitrogen and oxygen atoms in total. The molecular weight excluding hydrogens is 372 g/mol. The number of amides is 3. The molecule has 0 radical (unpaired) electrons. The molecule has 1 aromatic carbocycles. The summed E-state index contributed by atoms with van der Waals surface area (Å²) in [5.74, 6) is -0.374. The summed E-state index contributed by atoms with van der Waals surface area (Å²) in [6, 6.07) is 3.34. The van der Waals surface area contributed by atoms with Gasteiger partial charge in [-0.2, -0.15) is 0 Å². The number of rotatable bonds is 4. The lowest BCUT2D eigenvalue weighted by Gasteiger charge is -2.29. The van der Waals surface area contributed by atoms with Gasteiger partial charge in [0.2, 0.25) is 11.8 Å². The van der Waals surface area contributed by atoms with Crippen LogP contribution in [0.15, 0.2) is 12.1 Å². The van der Waals surface area contributed by atoms with Crippen molar-refractivity contribution in [3.63, 3.8) is 0 Å². The third-order valence-electron chi connectivity index (χ3n) is 5.04. The van der Waals surface area contributed by atoms with Crippen molar-refractivity contribution < 1.29 is 23.9 Å². The van der Waals surface area contributed by atoms with E-state index in [2.05, 4.69) is 16.6 Å². The molecule has 0 aliphatic carbocycles. The van der Waals surface area contributed by atoms with Crippen LogP contribution in [0.3, 0.4) is 0 Å². The molecule has 2 unspecified atom stereocenters. The molecule has 1 saturated heterocycles. The van der Waals surface area contributed by atoms with E-state index < -0.39 is 29.3 Å². The first-order chi connectivity index (χ1) is 13.6. The van der Waals surface area contributed by atoms with Gasteiger partial charge in [0.15, 0.2) is 0 Å². The van der Waals surface area contributed by atoms with Gasteiger partial charge < -0.3 is 10.1 Å². The quantitative estimate of drug-likeness (QED) is 0.460. The number of hydrogen-bond acceptors (Lipinski definition) is 5. The molecule has 0 aromatic heterocycles. The first-order valence-corrected chi connectivity index (χ1v) is 9.56. The molecule has 1 aromatic rings. The fraction of sp³-hybridized carbons (Fsp3) is 0.455. The number of fused-ring (bicyclic) bond motifs is 1. The second-order valence-electron chi connectivity index (χ2n) is 8.28. The predicted octanol–water partition coefficient (Wildman–Crippen LogP) is 1.90. The maximum atomic E-state index is 13.0. The molecule has 7 heteroatoms. The maximum Gasteiger partial charge on any atom is 0.314 e. The Balaban J connectivity index is 2.15. The Hall–Kier alpha value is -3.14. The van der Waals surface area contributed by atoms with Crippen LogP contribution >= 0.6 is 0 Å². The zero-order valence-corrected chi connectivity index (χ0v) is 16.8. The Kier molecular flexibility index (Phi) is 5.47. The number of terminal acetylenes is 1. The molecule has 29 heavy (non-hydrogen) atoms. The van der Waals surface area contributed by atoms with Crippen molar-refractivity contribution in [1.82, 2.24) is 10.6 Å². The van der Waals surface area contributed by atoms with E-state index in [9.17, 15) is 19.2 Å². The summed E-state index contributed by atoms with van der Waals surface area (Å²) in [5.41, 5.74) is 1.56. The van der Waals surface area contributed by atoms with Gasteiger partial charge in [-0.15, -0.1) is 12.3 Å². The van der Waals surface area contributed by atoms with Gasteiger partial charge in [0.05, 0.1) is 11.8 Å². The van der Waals surface area contributed by atoms with Gasteiger partial charge in [-0.05, 0) is 49.9 Å². The number of carbonyl (C=O) groups excluding carboxylic acids is 4. The minimum Gasteiger partial charge on any atom is -0.459 e. The Morgan fingerprint density at radius 2 is 2.03 bits per heavy atom.